The first-order chi connectivity index (χ1) is 12.1. The lowest BCUT2D eigenvalue weighted by Gasteiger charge is -2.59. The summed E-state index contributed by atoms with van der Waals surface area (Å²) in [5.41, 5.74) is -0.463. The number of alkyl halides is 1. The lowest BCUT2D eigenvalue weighted by molar-refractivity contribution is -0.137. The number of aliphatic hydroxyl groups excluding tert-OH is 1. The summed E-state index contributed by atoms with van der Waals surface area (Å²) >= 11 is 4.14. The molecule has 142 valence electrons. The molecule has 5 heteroatoms. The minimum atomic E-state index is -1.18. The Morgan fingerprint density at radius 2 is 2.04 bits per heavy atom. The van der Waals surface area contributed by atoms with Gasteiger partial charge in [-0.3, -0.25) is 9.59 Å². The molecule has 0 bridgehead atoms. The predicted octanol–water partition coefficient (Wildman–Crippen LogP) is 3.53. The van der Waals surface area contributed by atoms with Gasteiger partial charge in [-0.1, -0.05) is 26.8 Å². The van der Waals surface area contributed by atoms with Crippen LogP contribution in [0, 0.1) is 40.4 Å². The predicted molar refractivity (Wildman–Crippen MR) is 100 cm³/mol. The van der Waals surface area contributed by atoms with Crippen LogP contribution in [0.15, 0.2) is 23.8 Å². The highest BCUT2D eigenvalue weighted by Gasteiger charge is 2.65. The van der Waals surface area contributed by atoms with E-state index in [9.17, 15) is 14.7 Å². The first-order valence-corrected chi connectivity index (χ1v) is 10.0. The SMILES string of the molecule is C[C@@H]1CC2C3C[C@H](F)C4=CC(=O)C=C[C@]4(C)C3[C@@H](O)C[C@]2(C)[C@H]1C(=O)S. The van der Waals surface area contributed by atoms with Crippen LogP contribution in [0.25, 0.3) is 0 Å². The maximum Gasteiger partial charge on any atom is 0.189 e. The van der Waals surface area contributed by atoms with Gasteiger partial charge in [-0.25, -0.2) is 4.39 Å². The third-order valence-corrected chi connectivity index (χ3v) is 8.36. The molecule has 1 N–H and O–H groups in total. The van der Waals surface area contributed by atoms with E-state index in [1.165, 1.54) is 12.2 Å². The molecule has 0 radical (unpaired) electrons. The summed E-state index contributed by atoms with van der Waals surface area (Å²) in [5.74, 6) is -0.119. The second kappa shape index (κ2) is 5.78. The quantitative estimate of drug-likeness (QED) is 0.687. The van der Waals surface area contributed by atoms with Crippen LogP contribution < -0.4 is 0 Å². The van der Waals surface area contributed by atoms with E-state index >= 15 is 4.39 Å². The summed E-state index contributed by atoms with van der Waals surface area (Å²) in [4.78, 5) is 24.0. The first kappa shape index (κ1) is 18.4. The molecule has 4 aliphatic carbocycles. The van der Waals surface area contributed by atoms with Crippen molar-refractivity contribution in [1.29, 1.82) is 0 Å². The zero-order valence-corrected chi connectivity index (χ0v) is 16.4. The monoisotopic (exact) mass is 378 g/mol. The van der Waals surface area contributed by atoms with Gasteiger partial charge in [0.2, 0.25) is 0 Å². The maximum atomic E-state index is 15.2. The van der Waals surface area contributed by atoms with Gasteiger partial charge in [-0.2, -0.15) is 0 Å². The topological polar surface area (TPSA) is 54.4 Å². The smallest absolute Gasteiger partial charge is 0.189 e. The minimum Gasteiger partial charge on any atom is -0.393 e. The third-order valence-electron chi connectivity index (χ3n) is 8.08. The van der Waals surface area contributed by atoms with Gasteiger partial charge in [0.1, 0.15) is 6.17 Å². The van der Waals surface area contributed by atoms with Gasteiger partial charge in [0.15, 0.2) is 10.9 Å². The molecule has 3 fully saturated rings. The zero-order chi connectivity index (χ0) is 19.0. The second-order valence-corrected chi connectivity index (χ2v) is 9.86. The molecule has 3 nitrogen and oxygen atoms in total. The summed E-state index contributed by atoms with van der Waals surface area (Å²) in [5, 5.41) is 11.0. The zero-order valence-electron chi connectivity index (χ0n) is 15.5. The second-order valence-electron chi connectivity index (χ2n) is 9.42. The number of aliphatic hydroxyl groups is 1. The minimum absolute atomic E-state index is 0.00103. The summed E-state index contributed by atoms with van der Waals surface area (Å²) in [6.07, 6.45) is 4.67. The standard InChI is InChI=1S/C21H27FO3S/c1-10-6-13-12-8-15(22)14-7-11(23)4-5-20(14,2)18(12)16(24)9-21(13,3)17(10)19(25)26/h4-5,7,10,12-13,15-18,24H,6,8-9H2,1-3H3,(H,25,26)/t10-,12?,13?,15+,16+,17-,18?,20+,21+/m1/s1. The Kier molecular flexibility index (Phi) is 4.09. The van der Waals surface area contributed by atoms with Crippen molar-refractivity contribution < 1.29 is 19.1 Å². The number of carbonyl (C=O) groups excluding carboxylic acids is 2. The van der Waals surface area contributed by atoms with Crippen LogP contribution in [-0.4, -0.2) is 28.3 Å². The van der Waals surface area contributed by atoms with Crippen molar-refractivity contribution in [3.8, 4) is 0 Å². The maximum absolute atomic E-state index is 15.2. The fourth-order valence-corrected chi connectivity index (χ4v) is 7.78. The average Bonchev–Trinajstić information content (AvgIpc) is 2.79. The Bertz CT molecular complexity index is 731. The molecule has 4 aliphatic rings. The number of hydrogen-bond acceptors (Lipinski definition) is 3. The summed E-state index contributed by atoms with van der Waals surface area (Å²) in [6.45, 7) is 6.11. The van der Waals surface area contributed by atoms with Gasteiger partial charge in [-0.05, 0) is 60.2 Å². The lowest BCUT2D eigenvalue weighted by Crippen LogP contribution is -2.58. The Hall–Kier alpha value is -0.940. The normalized spacial score (nSPS) is 52.8. The van der Waals surface area contributed by atoms with E-state index in [-0.39, 0.29) is 45.9 Å². The van der Waals surface area contributed by atoms with Crippen LogP contribution in [0.4, 0.5) is 4.39 Å². The van der Waals surface area contributed by atoms with Crippen molar-refractivity contribution in [3.05, 3.63) is 23.8 Å². The number of rotatable bonds is 1. The molecular formula is C21H27FO3S. The van der Waals surface area contributed by atoms with Crippen molar-refractivity contribution in [3.63, 3.8) is 0 Å². The average molecular weight is 379 g/mol. The Labute approximate surface area is 159 Å². The van der Waals surface area contributed by atoms with Crippen LogP contribution in [0.5, 0.6) is 0 Å². The van der Waals surface area contributed by atoms with E-state index in [1.807, 2.05) is 6.92 Å². The number of ketones is 1. The molecule has 0 spiro atoms. The van der Waals surface area contributed by atoms with Crippen LogP contribution in [0.3, 0.4) is 0 Å². The molecule has 4 rings (SSSR count). The van der Waals surface area contributed by atoms with E-state index in [2.05, 4.69) is 26.5 Å². The third kappa shape index (κ3) is 2.29. The number of hydrogen-bond donors (Lipinski definition) is 2. The van der Waals surface area contributed by atoms with Crippen LogP contribution in [0.1, 0.15) is 40.0 Å². The highest BCUT2D eigenvalue weighted by Crippen LogP contribution is 2.67. The molecule has 0 heterocycles. The van der Waals surface area contributed by atoms with Crippen LogP contribution >= 0.6 is 12.6 Å². The largest absolute Gasteiger partial charge is 0.393 e. The highest BCUT2D eigenvalue weighted by atomic mass is 32.1. The Balaban J connectivity index is 1.79. The summed E-state index contributed by atoms with van der Waals surface area (Å²) < 4.78 is 15.2. The Morgan fingerprint density at radius 1 is 1.35 bits per heavy atom. The van der Waals surface area contributed by atoms with Gasteiger partial charge < -0.3 is 5.11 Å². The van der Waals surface area contributed by atoms with Gasteiger partial charge in [-0.15, -0.1) is 12.6 Å². The lowest BCUT2D eigenvalue weighted by atomic mass is 9.46. The molecule has 0 aromatic rings. The van der Waals surface area contributed by atoms with Crippen LogP contribution in [-0.2, 0) is 9.59 Å². The number of halogens is 1. The molecule has 0 aromatic heterocycles. The van der Waals surface area contributed by atoms with Crippen molar-refractivity contribution in [2.45, 2.75) is 52.3 Å². The molecule has 0 aromatic carbocycles. The fourth-order valence-electron chi connectivity index (χ4n) is 7.23. The van der Waals surface area contributed by atoms with Gasteiger partial charge in [0.25, 0.3) is 0 Å². The molecule has 3 unspecified atom stereocenters. The molecule has 26 heavy (non-hydrogen) atoms. The van der Waals surface area contributed by atoms with Gasteiger partial charge in [0.05, 0.1) is 6.10 Å². The molecule has 9 atom stereocenters. The van der Waals surface area contributed by atoms with Gasteiger partial charge in [0, 0.05) is 17.3 Å². The number of thiol groups is 1. The van der Waals surface area contributed by atoms with E-state index in [0.717, 1.165) is 6.42 Å². The fraction of sp³-hybridized carbons (Fsp3) is 0.714. The van der Waals surface area contributed by atoms with E-state index in [0.29, 0.717) is 18.4 Å². The van der Waals surface area contributed by atoms with Crippen molar-refractivity contribution in [2.75, 3.05) is 0 Å². The van der Waals surface area contributed by atoms with Gasteiger partial charge >= 0.3 is 0 Å². The van der Waals surface area contributed by atoms with E-state index in [4.69, 9.17) is 0 Å². The summed E-state index contributed by atoms with van der Waals surface area (Å²) in [7, 11) is 0. The van der Waals surface area contributed by atoms with E-state index in [1.54, 1.807) is 6.08 Å². The van der Waals surface area contributed by atoms with Crippen molar-refractivity contribution in [2.24, 2.45) is 40.4 Å². The number of fused-ring (bicyclic) bond motifs is 5. The number of carbonyl (C=O) groups is 2. The van der Waals surface area contributed by atoms with Crippen molar-refractivity contribution in [1.82, 2.24) is 0 Å². The van der Waals surface area contributed by atoms with E-state index < -0.39 is 17.7 Å². The highest BCUT2D eigenvalue weighted by molar-refractivity contribution is 7.96. The van der Waals surface area contributed by atoms with Crippen LogP contribution in [0.2, 0.25) is 0 Å². The molecule has 0 aliphatic heterocycles. The summed E-state index contributed by atoms with van der Waals surface area (Å²) in [6, 6.07) is 0. The number of allylic oxidation sites excluding steroid dienone is 4. The molecule has 0 saturated heterocycles. The molecular weight excluding hydrogens is 351 g/mol. The molecule has 3 saturated carbocycles. The van der Waals surface area contributed by atoms with Crippen molar-refractivity contribution >= 4 is 23.5 Å². The Morgan fingerprint density at radius 3 is 2.69 bits per heavy atom. The first-order valence-electron chi connectivity index (χ1n) is 9.60. The molecule has 0 amide bonds.